The number of hydrogen-bond donors (Lipinski definition) is 1. The molecule has 1 aromatic carbocycles. The largest absolute Gasteiger partial charge is 0.344 e. The zero-order valence-corrected chi connectivity index (χ0v) is 14.9. The summed E-state index contributed by atoms with van der Waals surface area (Å²) in [6.45, 7) is -0.0258. The Balaban J connectivity index is 1.69. The lowest BCUT2D eigenvalue weighted by atomic mass is 10.0. The minimum atomic E-state index is -3.94. The molecule has 0 unspecified atom stereocenters. The number of nitrogens with two attached hydrogens (primary N) is 1. The van der Waals surface area contributed by atoms with E-state index in [1.807, 2.05) is 24.3 Å². The standard InChI is InChI=1S/C16H22ClNO5S/c17-13-6-2-1-5-12(13)11-15-14(7-10-21-24(18,19)20)22-16(23-15)8-3-4-9-16/h1-2,5-6,14-15H,3-4,7-11H2,(H2,18,19,20)/t14-,15-/m1/s1. The van der Waals surface area contributed by atoms with Crippen LogP contribution in [0, 0.1) is 0 Å². The van der Waals surface area contributed by atoms with Gasteiger partial charge in [-0.05, 0) is 24.5 Å². The maximum Gasteiger partial charge on any atom is 0.333 e. The van der Waals surface area contributed by atoms with Gasteiger partial charge in [-0.3, -0.25) is 4.18 Å². The molecular formula is C16H22ClNO5S. The molecular weight excluding hydrogens is 354 g/mol. The van der Waals surface area contributed by atoms with Crippen molar-refractivity contribution in [2.45, 2.75) is 56.5 Å². The van der Waals surface area contributed by atoms with Gasteiger partial charge in [0.25, 0.3) is 0 Å². The van der Waals surface area contributed by atoms with Crippen LogP contribution in [0.2, 0.25) is 5.02 Å². The van der Waals surface area contributed by atoms with Crippen molar-refractivity contribution in [3.05, 3.63) is 34.9 Å². The molecule has 6 nitrogen and oxygen atoms in total. The number of hydrogen-bond acceptors (Lipinski definition) is 5. The van der Waals surface area contributed by atoms with E-state index in [0.29, 0.717) is 17.9 Å². The quantitative estimate of drug-likeness (QED) is 0.825. The molecule has 1 spiro atoms. The zero-order chi connectivity index (χ0) is 17.2. The molecule has 1 aliphatic heterocycles. The Hall–Kier alpha value is -0.700. The van der Waals surface area contributed by atoms with Crippen LogP contribution in [-0.4, -0.2) is 33.0 Å². The highest BCUT2D eigenvalue weighted by molar-refractivity contribution is 7.84. The molecule has 2 aliphatic rings. The third-order valence-electron chi connectivity index (χ3n) is 4.54. The summed E-state index contributed by atoms with van der Waals surface area (Å²) in [7, 11) is -3.94. The Morgan fingerprint density at radius 3 is 2.54 bits per heavy atom. The highest BCUT2D eigenvalue weighted by atomic mass is 35.5. The van der Waals surface area contributed by atoms with Gasteiger partial charge in [-0.15, -0.1) is 0 Å². The van der Waals surface area contributed by atoms with Gasteiger partial charge in [0.15, 0.2) is 5.79 Å². The first-order valence-electron chi connectivity index (χ1n) is 8.13. The Labute approximate surface area is 147 Å². The van der Waals surface area contributed by atoms with E-state index in [2.05, 4.69) is 4.18 Å². The van der Waals surface area contributed by atoms with Crippen LogP contribution in [0.3, 0.4) is 0 Å². The van der Waals surface area contributed by atoms with E-state index in [1.54, 1.807) is 0 Å². The molecule has 0 amide bonds. The molecule has 1 heterocycles. The van der Waals surface area contributed by atoms with Gasteiger partial charge in [-0.2, -0.15) is 8.42 Å². The fourth-order valence-corrected chi connectivity index (χ4v) is 4.00. The van der Waals surface area contributed by atoms with E-state index in [-0.39, 0.29) is 18.8 Å². The first kappa shape index (κ1) is 18.1. The van der Waals surface area contributed by atoms with Crippen LogP contribution in [0.15, 0.2) is 24.3 Å². The number of benzene rings is 1. The minimum absolute atomic E-state index is 0.0258. The average molecular weight is 376 g/mol. The minimum Gasteiger partial charge on any atom is -0.344 e. The summed E-state index contributed by atoms with van der Waals surface area (Å²) in [5.74, 6) is -0.543. The third-order valence-corrected chi connectivity index (χ3v) is 5.41. The van der Waals surface area contributed by atoms with Crippen LogP contribution in [-0.2, 0) is 30.4 Å². The summed E-state index contributed by atoms with van der Waals surface area (Å²) in [6, 6.07) is 7.62. The summed E-state index contributed by atoms with van der Waals surface area (Å²) in [4.78, 5) is 0. The smallest absolute Gasteiger partial charge is 0.333 e. The maximum absolute atomic E-state index is 10.9. The summed E-state index contributed by atoms with van der Waals surface area (Å²) >= 11 is 6.25. The molecule has 2 N–H and O–H groups in total. The van der Waals surface area contributed by atoms with Gasteiger partial charge in [0.1, 0.15) is 0 Å². The lowest BCUT2D eigenvalue weighted by molar-refractivity contribution is -0.169. The Kier molecular flexibility index (Phi) is 5.48. The molecule has 1 saturated heterocycles. The van der Waals surface area contributed by atoms with Crippen LogP contribution in [0.25, 0.3) is 0 Å². The van der Waals surface area contributed by atoms with Gasteiger partial charge < -0.3 is 9.47 Å². The fraction of sp³-hybridized carbons (Fsp3) is 0.625. The van der Waals surface area contributed by atoms with Crippen LogP contribution in [0.4, 0.5) is 0 Å². The van der Waals surface area contributed by atoms with Gasteiger partial charge >= 0.3 is 10.3 Å². The van der Waals surface area contributed by atoms with Gasteiger partial charge in [0.2, 0.25) is 0 Å². The molecule has 24 heavy (non-hydrogen) atoms. The van der Waals surface area contributed by atoms with Gasteiger partial charge in [-0.25, -0.2) is 5.14 Å². The van der Waals surface area contributed by atoms with Crippen molar-refractivity contribution >= 4 is 21.9 Å². The fourth-order valence-electron chi connectivity index (χ4n) is 3.46. The number of halogens is 1. The average Bonchev–Trinajstić information content (AvgIpc) is 3.08. The van der Waals surface area contributed by atoms with E-state index >= 15 is 0 Å². The highest BCUT2D eigenvalue weighted by Crippen LogP contribution is 2.43. The summed E-state index contributed by atoms with van der Waals surface area (Å²) in [5.41, 5.74) is 0.986. The number of ether oxygens (including phenoxy) is 2. The molecule has 0 bridgehead atoms. The van der Waals surface area contributed by atoms with E-state index in [1.165, 1.54) is 0 Å². The van der Waals surface area contributed by atoms with Crippen molar-refractivity contribution in [3.8, 4) is 0 Å². The molecule has 1 aliphatic carbocycles. The van der Waals surface area contributed by atoms with Crippen molar-refractivity contribution in [1.82, 2.24) is 0 Å². The second-order valence-corrected chi connectivity index (χ2v) is 7.96. The Bertz CT molecular complexity index is 675. The predicted molar refractivity (Wildman–Crippen MR) is 89.8 cm³/mol. The van der Waals surface area contributed by atoms with Crippen LogP contribution >= 0.6 is 11.6 Å². The summed E-state index contributed by atoms with van der Waals surface area (Å²) in [6.07, 6.45) is 4.43. The van der Waals surface area contributed by atoms with Crippen LogP contribution in [0.1, 0.15) is 37.7 Å². The van der Waals surface area contributed by atoms with Crippen molar-refractivity contribution in [1.29, 1.82) is 0 Å². The molecule has 0 radical (unpaired) electrons. The van der Waals surface area contributed by atoms with Crippen molar-refractivity contribution < 1.29 is 22.1 Å². The molecule has 2 atom stereocenters. The molecule has 8 heteroatoms. The van der Waals surface area contributed by atoms with E-state index in [0.717, 1.165) is 31.2 Å². The number of rotatable bonds is 6. The maximum atomic E-state index is 10.9. The van der Waals surface area contributed by atoms with E-state index in [9.17, 15) is 8.42 Å². The molecule has 1 aromatic rings. The molecule has 3 rings (SSSR count). The van der Waals surface area contributed by atoms with Crippen molar-refractivity contribution in [3.63, 3.8) is 0 Å². The van der Waals surface area contributed by atoms with Crippen molar-refractivity contribution in [2.75, 3.05) is 6.61 Å². The Morgan fingerprint density at radius 1 is 1.21 bits per heavy atom. The third kappa shape index (κ3) is 4.47. The molecule has 1 saturated carbocycles. The van der Waals surface area contributed by atoms with Crippen LogP contribution in [0.5, 0.6) is 0 Å². The molecule has 2 fully saturated rings. The van der Waals surface area contributed by atoms with E-state index in [4.69, 9.17) is 26.2 Å². The second kappa shape index (κ2) is 7.27. The SMILES string of the molecule is NS(=O)(=O)OCC[C@H]1OC2(CCCC2)O[C@@H]1Cc1ccccc1Cl. The first-order valence-corrected chi connectivity index (χ1v) is 9.98. The summed E-state index contributed by atoms with van der Waals surface area (Å²) in [5, 5.41) is 5.56. The second-order valence-electron chi connectivity index (χ2n) is 6.33. The summed E-state index contributed by atoms with van der Waals surface area (Å²) < 4.78 is 38.9. The topological polar surface area (TPSA) is 87.9 Å². The van der Waals surface area contributed by atoms with Gasteiger partial charge in [-0.1, -0.05) is 29.8 Å². The van der Waals surface area contributed by atoms with E-state index < -0.39 is 16.1 Å². The zero-order valence-electron chi connectivity index (χ0n) is 13.3. The Morgan fingerprint density at radius 2 is 1.88 bits per heavy atom. The molecule has 134 valence electrons. The van der Waals surface area contributed by atoms with Crippen molar-refractivity contribution in [2.24, 2.45) is 5.14 Å². The highest BCUT2D eigenvalue weighted by Gasteiger charge is 2.48. The van der Waals surface area contributed by atoms with Gasteiger partial charge in [0, 0.05) is 30.7 Å². The van der Waals surface area contributed by atoms with Crippen LogP contribution < -0.4 is 5.14 Å². The lowest BCUT2D eigenvalue weighted by Crippen LogP contribution is -2.27. The first-order chi connectivity index (χ1) is 11.4. The monoisotopic (exact) mass is 375 g/mol. The normalized spacial score (nSPS) is 26.2. The predicted octanol–water partition coefficient (Wildman–Crippen LogP) is 2.55. The molecule has 0 aromatic heterocycles. The van der Waals surface area contributed by atoms with Gasteiger partial charge in [0.05, 0.1) is 18.8 Å². The lowest BCUT2D eigenvalue weighted by Gasteiger charge is -2.22.